The topological polar surface area (TPSA) is 54.8 Å². The molecular formula is C26H25Cl2F2N5. The molecule has 0 saturated carbocycles. The summed E-state index contributed by atoms with van der Waals surface area (Å²) >= 11 is 13.2. The largest absolute Gasteiger partial charge is 0.350 e. The Hall–Kier alpha value is -2.74. The lowest BCUT2D eigenvalue weighted by molar-refractivity contribution is 0.411. The lowest BCUT2D eigenvalue weighted by atomic mass is 10.0. The van der Waals surface area contributed by atoms with Gasteiger partial charge in [0, 0.05) is 30.2 Å². The van der Waals surface area contributed by atoms with Crippen molar-refractivity contribution in [3.05, 3.63) is 75.9 Å². The molecular weight excluding hydrogens is 491 g/mol. The Kier molecular flexibility index (Phi) is 7.18. The molecule has 1 aliphatic heterocycles. The molecule has 2 aromatic carbocycles. The van der Waals surface area contributed by atoms with Crippen molar-refractivity contribution in [2.45, 2.75) is 32.4 Å². The van der Waals surface area contributed by atoms with Crippen LogP contribution in [0.15, 0.2) is 48.7 Å². The first kappa shape index (κ1) is 24.0. The zero-order chi connectivity index (χ0) is 24.4. The number of nitrogens with one attached hydrogen (secondary N) is 2. The van der Waals surface area contributed by atoms with Crippen LogP contribution >= 0.6 is 23.2 Å². The predicted molar refractivity (Wildman–Crippen MR) is 137 cm³/mol. The molecule has 1 aliphatic rings. The minimum atomic E-state index is -0.881. The number of benzene rings is 2. The second-order valence-corrected chi connectivity index (χ2v) is 9.67. The summed E-state index contributed by atoms with van der Waals surface area (Å²) in [5.74, 6) is -0.868. The van der Waals surface area contributed by atoms with Crippen LogP contribution in [-0.4, -0.2) is 27.6 Å². The van der Waals surface area contributed by atoms with E-state index in [0.29, 0.717) is 27.5 Å². The molecule has 0 radical (unpaired) electrons. The molecule has 5 nitrogen and oxygen atoms in total. The van der Waals surface area contributed by atoms with Crippen molar-refractivity contribution in [2.75, 3.05) is 18.4 Å². The van der Waals surface area contributed by atoms with Crippen LogP contribution in [0.4, 0.5) is 14.7 Å². The van der Waals surface area contributed by atoms with Gasteiger partial charge in [0.25, 0.3) is 0 Å². The molecule has 35 heavy (non-hydrogen) atoms. The normalized spacial score (nSPS) is 16.4. The predicted octanol–water partition coefficient (Wildman–Crippen LogP) is 6.69. The van der Waals surface area contributed by atoms with Gasteiger partial charge in [-0.2, -0.15) is 4.98 Å². The highest BCUT2D eigenvalue weighted by Crippen LogP contribution is 2.38. The summed E-state index contributed by atoms with van der Waals surface area (Å²) in [5.41, 5.74) is 3.05. The molecule has 182 valence electrons. The van der Waals surface area contributed by atoms with Crippen molar-refractivity contribution in [3.8, 4) is 11.3 Å². The van der Waals surface area contributed by atoms with Crippen LogP contribution < -0.4 is 10.6 Å². The number of aromatic nitrogens is 3. The Morgan fingerprint density at radius 1 is 1.03 bits per heavy atom. The third-order valence-corrected chi connectivity index (χ3v) is 7.05. The van der Waals surface area contributed by atoms with Gasteiger partial charge >= 0.3 is 0 Å². The smallest absolute Gasteiger partial charge is 0.224 e. The fourth-order valence-corrected chi connectivity index (χ4v) is 5.21. The van der Waals surface area contributed by atoms with Gasteiger partial charge < -0.3 is 15.2 Å². The lowest BCUT2D eigenvalue weighted by Gasteiger charge is -2.19. The van der Waals surface area contributed by atoms with Gasteiger partial charge in [0.1, 0.15) is 5.65 Å². The summed E-state index contributed by atoms with van der Waals surface area (Å²) < 4.78 is 29.0. The van der Waals surface area contributed by atoms with Crippen LogP contribution in [0.5, 0.6) is 0 Å². The van der Waals surface area contributed by atoms with Crippen molar-refractivity contribution >= 4 is 40.2 Å². The third-order valence-electron chi connectivity index (χ3n) is 6.42. The highest BCUT2D eigenvalue weighted by Gasteiger charge is 2.21. The van der Waals surface area contributed by atoms with E-state index >= 15 is 0 Å². The highest BCUT2D eigenvalue weighted by atomic mass is 35.5. The molecule has 9 heteroatoms. The van der Waals surface area contributed by atoms with Crippen molar-refractivity contribution in [2.24, 2.45) is 5.92 Å². The lowest BCUT2D eigenvalue weighted by Crippen LogP contribution is -2.16. The fraction of sp³-hybridized carbons (Fsp3) is 0.308. The van der Waals surface area contributed by atoms with Crippen LogP contribution in [0.1, 0.15) is 24.8 Å². The molecule has 3 heterocycles. The molecule has 5 rings (SSSR count). The van der Waals surface area contributed by atoms with E-state index in [1.165, 1.54) is 12.1 Å². The van der Waals surface area contributed by atoms with E-state index in [2.05, 4.69) is 20.2 Å². The van der Waals surface area contributed by atoms with Crippen molar-refractivity contribution in [3.63, 3.8) is 0 Å². The Balaban J connectivity index is 1.52. The van der Waals surface area contributed by atoms with Crippen molar-refractivity contribution in [1.29, 1.82) is 0 Å². The molecule has 2 aromatic heterocycles. The number of anilines is 1. The van der Waals surface area contributed by atoms with E-state index < -0.39 is 11.6 Å². The molecule has 0 aliphatic carbocycles. The van der Waals surface area contributed by atoms with Gasteiger partial charge in [-0.1, -0.05) is 35.3 Å². The van der Waals surface area contributed by atoms with Crippen molar-refractivity contribution < 1.29 is 8.78 Å². The number of halogens is 4. The first-order valence-corrected chi connectivity index (χ1v) is 12.4. The van der Waals surface area contributed by atoms with E-state index in [1.807, 2.05) is 24.3 Å². The summed E-state index contributed by atoms with van der Waals surface area (Å²) in [5, 5.41) is 8.63. The van der Waals surface area contributed by atoms with E-state index in [4.69, 9.17) is 28.2 Å². The molecule has 4 aromatic rings. The van der Waals surface area contributed by atoms with Gasteiger partial charge in [-0.25, -0.2) is 13.8 Å². The first-order valence-electron chi connectivity index (χ1n) is 11.7. The fourth-order valence-electron chi connectivity index (χ4n) is 4.62. The maximum atomic E-state index is 13.6. The Morgan fingerprint density at radius 2 is 1.86 bits per heavy atom. The maximum Gasteiger partial charge on any atom is 0.224 e. The first-order chi connectivity index (χ1) is 17.0. The minimum Gasteiger partial charge on any atom is -0.350 e. The number of fused-ring (bicyclic) bond motifs is 1. The second kappa shape index (κ2) is 10.5. The summed E-state index contributed by atoms with van der Waals surface area (Å²) in [6.45, 7) is 3.07. The quantitative estimate of drug-likeness (QED) is 0.300. The van der Waals surface area contributed by atoms with Gasteiger partial charge in [0.05, 0.1) is 15.7 Å². The average Bonchev–Trinajstić information content (AvgIpc) is 3.00. The Bertz CT molecular complexity index is 1330. The summed E-state index contributed by atoms with van der Waals surface area (Å²) in [6.07, 6.45) is 5.08. The SMILES string of the molecule is Fc1ccc(CNc2ncc3cc(-c4c(Cl)cccc4Cl)n(C[C@H]4CCCNCC4)c3n2)cc1F. The van der Waals surface area contributed by atoms with E-state index in [0.717, 1.165) is 67.3 Å². The van der Waals surface area contributed by atoms with Gasteiger partial charge in [-0.3, -0.25) is 0 Å². The Morgan fingerprint density at radius 3 is 2.66 bits per heavy atom. The van der Waals surface area contributed by atoms with Gasteiger partial charge in [0.2, 0.25) is 5.95 Å². The number of hydrogen-bond acceptors (Lipinski definition) is 4. The molecule has 0 bridgehead atoms. The van der Waals surface area contributed by atoms with Crippen LogP contribution in [-0.2, 0) is 13.1 Å². The van der Waals surface area contributed by atoms with E-state index in [-0.39, 0.29) is 6.54 Å². The molecule has 0 amide bonds. The molecule has 2 N–H and O–H groups in total. The molecule has 0 unspecified atom stereocenters. The number of nitrogens with zero attached hydrogens (tertiary/aromatic N) is 3. The summed E-state index contributed by atoms with van der Waals surface area (Å²) in [4.78, 5) is 9.23. The summed E-state index contributed by atoms with van der Waals surface area (Å²) in [6, 6.07) is 11.3. The van der Waals surface area contributed by atoms with Gasteiger partial charge in [0.15, 0.2) is 11.6 Å². The standard InChI is InChI=1S/C26H25Cl2F2N5/c27-19-4-1-5-20(28)24(19)23-12-18-14-33-26(32-13-17-6-7-21(29)22(30)11-17)34-25(18)35(23)15-16-3-2-9-31-10-8-16/h1,4-7,11-12,14,16,31H,2-3,8-10,13,15H2,(H,32,33,34)/t16-/m0/s1. The molecule has 1 atom stereocenters. The number of rotatable bonds is 6. The van der Waals surface area contributed by atoms with Gasteiger partial charge in [-0.15, -0.1) is 0 Å². The van der Waals surface area contributed by atoms with Crippen LogP contribution in [0, 0.1) is 17.6 Å². The van der Waals surface area contributed by atoms with Crippen LogP contribution in [0.2, 0.25) is 10.0 Å². The minimum absolute atomic E-state index is 0.265. The van der Waals surface area contributed by atoms with Crippen molar-refractivity contribution in [1.82, 2.24) is 19.9 Å². The zero-order valence-corrected chi connectivity index (χ0v) is 20.5. The molecule has 1 fully saturated rings. The number of hydrogen-bond donors (Lipinski definition) is 2. The molecule has 0 spiro atoms. The maximum absolute atomic E-state index is 13.6. The van der Waals surface area contributed by atoms with Crippen LogP contribution in [0.25, 0.3) is 22.3 Å². The van der Waals surface area contributed by atoms with Gasteiger partial charge in [-0.05, 0) is 74.2 Å². The molecule has 1 saturated heterocycles. The second-order valence-electron chi connectivity index (χ2n) is 8.86. The van der Waals surface area contributed by atoms with Crippen LogP contribution in [0.3, 0.4) is 0 Å². The third kappa shape index (κ3) is 5.27. The summed E-state index contributed by atoms with van der Waals surface area (Å²) in [7, 11) is 0. The van der Waals surface area contributed by atoms with E-state index in [9.17, 15) is 8.78 Å². The van der Waals surface area contributed by atoms with E-state index in [1.54, 1.807) is 6.20 Å². The average molecular weight is 516 g/mol. The monoisotopic (exact) mass is 515 g/mol. The Labute approximate surface area is 212 Å². The zero-order valence-electron chi connectivity index (χ0n) is 19.0. The highest BCUT2D eigenvalue weighted by molar-refractivity contribution is 6.39.